The molecule has 0 atom stereocenters. The molecule has 0 saturated heterocycles. The summed E-state index contributed by atoms with van der Waals surface area (Å²) < 4.78 is 10.6. The van der Waals surface area contributed by atoms with Gasteiger partial charge in [-0.1, -0.05) is 23.4 Å². The Balaban J connectivity index is 1.68. The van der Waals surface area contributed by atoms with Gasteiger partial charge < -0.3 is 25.0 Å². The molecule has 11 nitrogen and oxygen atoms in total. The molecule has 3 aromatic heterocycles. The van der Waals surface area contributed by atoms with E-state index in [0.717, 1.165) is 5.69 Å². The smallest absolute Gasteiger partial charge is 0.259 e. The number of pyridine rings is 1. The van der Waals surface area contributed by atoms with Crippen molar-refractivity contribution in [2.75, 3.05) is 30.9 Å². The Bertz CT molecular complexity index is 1130. The van der Waals surface area contributed by atoms with Crippen molar-refractivity contribution >= 4 is 17.6 Å². The minimum atomic E-state index is -0.150. The molecule has 0 fully saturated rings. The second-order valence-corrected chi connectivity index (χ2v) is 6.42. The minimum Gasteiger partial charge on any atom is -0.390 e. The molecule has 31 heavy (non-hydrogen) atoms. The van der Waals surface area contributed by atoms with Crippen molar-refractivity contribution in [3.05, 3.63) is 54.4 Å². The topological polar surface area (TPSA) is 149 Å². The van der Waals surface area contributed by atoms with Crippen molar-refractivity contribution in [2.45, 2.75) is 6.61 Å². The average molecular weight is 420 g/mol. The first-order chi connectivity index (χ1) is 15.2. The number of anilines is 3. The molecular formula is C20H20N8O3. The van der Waals surface area contributed by atoms with Crippen LogP contribution in [0.5, 0.6) is 0 Å². The number of para-hydroxylation sites is 1. The van der Waals surface area contributed by atoms with Gasteiger partial charge in [0, 0.05) is 25.5 Å². The molecule has 0 aliphatic rings. The first-order valence-corrected chi connectivity index (χ1v) is 9.41. The van der Waals surface area contributed by atoms with Crippen molar-refractivity contribution in [1.82, 2.24) is 30.1 Å². The number of benzene rings is 1. The Morgan fingerprint density at radius 1 is 1.03 bits per heavy atom. The predicted octanol–water partition coefficient (Wildman–Crippen LogP) is 1.84. The lowest BCUT2D eigenvalue weighted by Gasteiger charge is -2.22. The number of rotatable bonds is 8. The van der Waals surface area contributed by atoms with Gasteiger partial charge in [-0.25, -0.2) is 0 Å². The molecule has 3 heterocycles. The van der Waals surface area contributed by atoms with Gasteiger partial charge in [-0.2, -0.15) is 19.9 Å². The summed E-state index contributed by atoms with van der Waals surface area (Å²) in [7, 11) is 1.62. The van der Waals surface area contributed by atoms with Crippen molar-refractivity contribution in [2.24, 2.45) is 0 Å². The third-order valence-electron chi connectivity index (χ3n) is 4.33. The lowest BCUT2D eigenvalue weighted by Crippen LogP contribution is -2.24. The van der Waals surface area contributed by atoms with E-state index < -0.39 is 0 Å². The number of aliphatic hydroxyl groups excluding tert-OH is 1. The molecule has 1 aromatic carbocycles. The number of ether oxygens (including phenoxy) is 1. The van der Waals surface area contributed by atoms with Crippen LogP contribution in [-0.4, -0.2) is 55.4 Å². The number of aliphatic hydroxyl groups is 1. The third kappa shape index (κ3) is 4.63. The molecule has 0 spiro atoms. The second-order valence-electron chi connectivity index (χ2n) is 6.42. The van der Waals surface area contributed by atoms with E-state index in [0.29, 0.717) is 30.4 Å². The van der Waals surface area contributed by atoms with Crippen molar-refractivity contribution in [3.8, 4) is 23.1 Å². The van der Waals surface area contributed by atoms with E-state index >= 15 is 0 Å². The third-order valence-corrected chi connectivity index (χ3v) is 4.33. The van der Waals surface area contributed by atoms with Gasteiger partial charge in [0.2, 0.25) is 23.5 Å². The first kappa shape index (κ1) is 20.3. The first-order valence-electron chi connectivity index (χ1n) is 9.41. The van der Waals surface area contributed by atoms with Gasteiger partial charge in [-0.15, -0.1) is 0 Å². The van der Waals surface area contributed by atoms with Crippen LogP contribution in [0.2, 0.25) is 0 Å². The van der Waals surface area contributed by atoms with Crippen molar-refractivity contribution in [1.29, 1.82) is 0 Å². The maximum atomic E-state index is 9.12. The molecular weight excluding hydrogens is 400 g/mol. The Morgan fingerprint density at radius 3 is 2.58 bits per heavy atom. The number of aromatic nitrogens is 6. The van der Waals surface area contributed by atoms with Crippen LogP contribution in [0.25, 0.3) is 23.1 Å². The summed E-state index contributed by atoms with van der Waals surface area (Å²) in [5.41, 5.74) is 7.96. The van der Waals surface area contributed by atoms with Crippen LogP contribution < -0.4 is 10.6 Å². The molecule has 4 rings (SSSR count). The largest absolute Gasteiger partial charge is 0.390 e. The number of hydrogen-bond donors (Lipinski definition) is 2. The lowest BCUT2D eigenvalue weighted by atomic mass is 10.2. The van der Waals surface area contributed by atoms with E-state index in [-0.39, 0.29) is 30.1 Å². The molecule has 0 aliphatic heterocycles. The van der Waals surface area contributed by atoms with Crippen LogP contribution in [0, 0.1) is 0 Å². The number of nitrogens with two attached hydrogens (primary N) is 1. The van der Waals surface area contributed by atoms with Gasteiger partial charge in [0.25, 0.3) is 5.89 Å². The zero-order valence-electron chi connectivity index (χ0n) is 16.7. The molecule has 3 N–H and O–H groups in total. The van der Waals surface area contributed by atoms with Crippen LogP contribution in [-0.2, 0) is 11.3 Å². The zero-order valence-corrected chi connectivity index (χ0v) is 16.7. The number of methoxy groups -OCH3 is 1. The lowest BCUT2D eigenvalue weighted by molar-refractivity contribution is 0.207. The molecule has 158 valence electrons. The monoisotopic (exact) mass is 420 g/mol. The number of hydrogen-bond acceptors (Lipinski definition) is 11. The van der Waals surface area contributed by atoms with Crippen LogP contribution in [0.15, 0.2) is 53.2 Å². The Kier molecular flexibility index (Phi) is 6.05. The molecule has 11 heteroatoms. The van der Waals surface area contributed by atoms with Crippen molar-refractivity contribution < 1.29 is 14.4 Å². The summed E-state index contributed by atoms with van der Waals surface area (Å²) >= 11 is 0. The molecule has 0 saturated carbocycles. The SMILES string of the molecule is COCCN(c1ccccc1)c1nc(N)nc(-c2noc(-c3ccc(CO)nc3)n2)n1. The second kappa shape index (κ2) is 9.24. The van der Waals surface area contributed by atoms with Gasteiger partial charge in [-0.05, 0) is 24.3 Å². The predicted molar refractivity (Wildman–Crippen MR) is 112 cm³/mol. The Labute approximate surface area is 177 Å². The summed E-state index contributed by atoms with van der Waals surface area (Å²) in [6.07, 6.45) is 1.54. The fourth-order valence-corrected chi connectivity index (χ4v) is 2.81. The van der Waals surface area contributed by atoms with Crippen LogP contribution in [0.1, 0.15) is 5.69 Å². The molecule has 0 unspecified atom stereocenters. The summed E-state index contributed by atoms with van der Waals surface area (Å²) in [5, 5.41) is 13.1. The van der Waals surface area contributed by atoms with Gasteiger partial charge in [-0.3, -0.25) is 4.98 Å². The Morgan fingerprint density at radius 2 is 1.87 bits per heavy atom. The van der Waals surface area contributed by atoms with E-state index in [1.165, 1.54) is 6.20 Å². The van der Waals surface area contributed by atoms with Gasteiger partial charge in [0.05, 0.1) is 24.5 Å². The van der Waals surface area contributed by atoms with Gasteiger partial charge in [0.15, 0.2) is 0 Å². The highest BCUT2D eigenvalue weighted by atomic mass is 16.5. The summed E-state index contributed by atoms with van der Waals surface area (Å²) in [6.45, 7) is 0.812. The van der Waals surface area contributed by atoms with E-state index in [4.69, 9.17) is 20.1 Å². The normalized spacial score (nSPS) is 10.9. The molecule has 0 aliphatic carbocycles. The van der Waals surface area contributed by atoms with Crippen molar-refractivity contribution in [3.63, 3.8) is 0 Å². The van der Waals surface area contributed by atoms with Gasteiger partial charge >= 0.3 is 0 Å². The van der Waals surface area contributed by atoms with Gasteiger partial charge in [0.1, 0.15) is 0 Å². The Hall–Kier alpha value is -3.96. The minimum absolute atomic E-state index is 0.0265. The van der Waals surface area contributed by atoms with E-state index in [1.807, 2.05) is 35.2 Å². The number of nitrogens with zero attached hydrogens (tertiary/aromatic N) is 7. The summed E-state index contributed by atoms with van der Waals surface area (Å²) in [6, 6.07) is 13.0. The standard InChI is InChI=1S/C20H20N8O3/c1-30-10-9-28(15-5-3-2-4-6-15)20-25-16(24-19(21)26-20)17-23-18(31-27-17)13-7-8-14(12-29)22-11-13/h2-8,11,29H,9-10,12H2,1H3,(H2,21,24,25,26). The quantitative estimate of drug-likeness (QED) is 0.430. The highest BCUT2D eigenvalue weighted by molar-refractivity contribution is 5.61. The van der Waals surface area contributed by atoms with Crippen LogP contribution >= 0.6 is 0 Å². The maximum Gasteiger partial charge on any atom is 0.259 e. The van der Waals surface area contributed by atoms with E-state index in [9.17, 15) is 0 Å². The fourth-order valence-electron chi connectivity index (χ4n) is 2.81. The molecule has 4 aromatic rings. The van der Waals surface area contributed by atoms with Crippen LogP contribution in [0.3, 0.4) is 0 Å². The van der Waals surface area contributed by atoms with E-state index in [2.05, 4.69) is 30.1 Å². The van der Waals surface area contributed by atoms with Crippen LogP contribution in [0.4, 0.5) is 17.6 Å². The average Bonchev–Trinajstić information content (AvgIpc) is 3.30. The number of nitrogen functional groups attached to an aromatic ring is 1. The fraction of sp³-hybridized carbons (Fsp3) is 0.200. The van der Waals surface area contributed by atoms with E-state index in [1.54, 1.807) is 19.2 Å². The molecule has 0 radical (unpaired) electrons. The molecule has 0 amide bonds. The maximum absolute atomic E-state index is 9.12. The molecule has 0 bridgehead atoms. The summed E-state index contributed by atoms with van der Waals surface area (Å²) in [5.74, 6) is 0.948. The zero-order chi connectivity index (χ0) is 21.6. The highest BCUT2D eigenvalue weighted by Gasteiger charge is 2.19. The highest BCUT2D eigenvalue weighted by Crippen LogP contribution is 2.25. The summed E-state index contributed by atoms with van der Waals surface area (Å²) in [4.78, 5) is 23.3.